The minimum absolute atomic E-state index is 0.00912. The SMILES string of the molecule is CNc1ncc(Cl)c(N2CC(CO)OCC2C)n1. The number of hydrogen-bond acceptors (Lipinski definition) is 6. The van der Waals surface area contributed by atoms with Crippen LogP contribution >= 0.6 is 11.6 Å². The number of halogens is 1. The number of anilines is 2. The number of nitrogens with one attached hydrogen (secondary N) is 1. The summed E-state index contributed by atoms with van der Waals surface area (Å²) >= 11 is 6.14. The second-order valence-corrected chi connectivity index (χ2v) is 4.66. The van der Waals surface area contributed by atoms with Gasteiger partial charge in [-0.25, -0.2) is 4.98 Å². The van der Waals surface area contributed by atoms with Gasteiger partial charge in [-0.15, -0.1) is 0 Å². The van der Waals surface area contributed by atoms with E-state index in [1.165, 1.54) is 0 Å². The summed E-state index contributed by atoms with van der Waals surface area (Å²) in [4.78, 5) is 10.5. The van der Waals surface area contributed by atoms with Crippen molar-refractivity contribution < 1.29 is 9.84 Å². The Labute approximate surface area is 111 Å². The Morgan fingerprint density at radius 1 is 1.67 bits per heavy atom. The molecule has 0 radical (unpaired) electrons. The molecule has 0 spiro atoms. The van der Waals surface area contributed by atoms with Crippen molar-refractivity contribution >= 4 is 23.4 Å². The Morgan fingerprint density at radius 2 is 2.44 bits per heavy atom. The molecular weight excluding hydrogens is 256 g/mol. The summed E-state index contributed by atoms with van der Waals surface area (Å²) in [5.74, 6) is 1.19. The number of ether oxygens (including phenoxy) is 1. The zero-order chi connectivity index (χ0) is 13.1. The van der Waals surface area contributed by atoms with Gasteiger partial charge in [-0.05, 0) is 6.92 Å². The van der Waals surface area contributed by atoms with Crippen LogP contribution in [0.2, 0.25) is 5.02 Å². The standard InChI is InChI=1S/C11H17ClN4O2/c1-7-6-18-8(5-17)4-16(7)10-9(12)3-14-11(13-2)15-10/h3,7-8,17H,4-6H2,1-2H3,(H,13,14,15). The van der Waals surface area contributed by atoms with Crippen molar-refractivity contribution in [1.82, 2.24) is 9.97 Å². The summed E-state index contributed by atoms with van der Waals surface area (Å²) in [6.45, 7) is 3.13. The first-order valence-corrected chi connectivity index (χ1v) is 6.23. The molecule has 1 aliphatic rings. The fourth-order valence-electron chi connectivity index (χ4n) is 1.90. The largest absolute Gasteiger partial charge is 0.394 e. The first kappa shape index (κ1) is 13.3. The molecule has 2 unspecified atom stereocenters. The molecule has 1 aromatic heterocycles. The van der Waals surface area contributed by atoms with Crippen LogP contribution in [0.25, 0.3) is 0 Å². The third-order valence-electron chi connectivity index (χ3n) is 2.93. The van der Waals surface area contributed by atoms with Crippen LogP contribution in [0.3, 0.4) is 0 Å². The van der Waals surface area contributed by atoms with Crippen molar-refractivity contribution in [3.63, 3.8) is 0 Å². The smallest absolute Gasteiger partial charge is 0.224 e. The van der Waals surface area contributed by atoms with Gasteiger partial charge in [-0.3, -0.25) is 0 Å². The molecule has 18 heavy (non-hydrogen) atoms. The van der Waals surface area contributed by atoms with Gasteiger partial charge in [0.25, 0.3) is 0 Å². The first-order chi connectivity index (χ1) is 8.65. The van der Waals surface area contributed by atoms with Gasteiger partial charge in [-0.1, -0.05) is 11.6 Å². The maximum Gasteiger partial charge on any atom is 0.224 e. The van der Waals surface area contributed by atoms with E-state index in [9.17, 15) is 5.11 Å². The second-order valence-electron chi connectivity index (χ2n) is 4.25. The molecule has 2 N–H and O–H groups in total. The van der Waals surface area contributed by atoms with Gasteiger partial charge in [-0.2, -0.15) is 4.98 Å². The van der Waals surface area contributed by atoms with Crippen molar-refractivity contribution in [2.75, 3.05) is 37.0 Å². The predicted molar refractivity (Wildman–Crippen MR) is 70.2 cm³/mol. The van der Waals surface area contributed by atoms with Gasteiger partial charge in [0.2, 0.25) is 5.95 Å². The van der Waals surface area contributed by atoms with Gasteiger partial charge < -0.3 is 20.1 Å². The molecule has 0 aliphatic carbocycles. The molecule has 0 aromatic carbocycles. The lowest BCUT2D eigenvalue weighted by Crippen LogP contribution is -2.50. The quantitative estimate of drug-likeness (QED) is 0.847. The third-order valence-corrected chi connectivity index (χ3v) is 3.20. The van der Waals surface area contributed by atoms with E-state index in [0.717, 1.165) is 0 Å². The van der Waals surface area contributed by atoms with Crippen molar-refractivity contribution in [2.24, 2.45) is 0 Å². The highest BCUT2D eigenvalue weighted by Gasteiger charge is 2.28. The lowest BCUT2D eigenvalue weighted by molar-refractivity contribution is -0.0105. The Kier molecular flexibility index (Phi) is 4.21. The Hall–Kier alpha value is -1.11. The Morgan fingerprint density at radius 3 is 3.11 bits per heavy atom. The molecule has 2 atom stereocenters. The molecular formula is C11H17ClN4O2. The van der Waals surface area contributed by atoms with Gasteiger partial charge in [0.05, 0.1) is 31.6 Å². The number of morpholine rings is 1. The van der Waals surface area contributed by atoms with Crippen LogP contribution in [-0.2, 0) is 4.74 Å². The fraction of sp³-hybridized carbons (Fsp3) is 0.636. The number of hydrogen-bond donors (Lipinski definition) is 2. The molecule has 2 heterocycles. The van der Waals surface area contributed by atoms with Crippen LogP contribution in [0, 0.1) is 0 Å². The van der Waals surface area contributed by atoms with Crippen LogP contribution in [0.4, 0.5) is 11.8 Å². The van der Waals surface area contributed by atoms with E-state index < -0.39 is 0 Å². The topological polar surface area (TPSA) is 70.5 Å². The van der Waals surface area contributed by atoms with E-state index in [1.54, 1.807) is 13.2 Å². The van der Waals surface area contributed by atoms with Crippen molar-refractivity contribution in [1.29, 1.82) is 0 Å². The Balaban J connectivity index is 2.27. The molecule has 0 bridgehead atoms. The van der Waals surface area contributed by atoms with E-state index in [-0.39, 0.29) is 18.8 Å². The van der Waals surface area contributed by atoms with Crippen LogP contribution in [0.5, 0.6) is 0 Å². The minimum Gasteiger partial charge on any atom is -0.394 e. The monoisotopic (exact) mass is 272 g/mol. The summed E-state index contributed by atoms with van der Waals surface area (Å²) in [7, 11) is 1.76. The average molecular weight is 273 g/mol. The minimum atomic E-state index is -0.203. The lowest BCUT2D eigenvalue weighted by Gasteiger charge is -2.38. The summed E-state index contributed by atoms with van der Waals surface area (Å²) in [6, 6.07) is 0.157. The van der Waals surface area contributed by atoms with Crippen molar-refractivity contribution in [2.45, 2.75) is 19.1 Å². The zero-order valence-electron chi connectivity index (χ0n) is 10.4. The maximum atomic E-state index is 9.18. The van der Waals surface area contributed by atoms with Crippen LogP contribution in [0.1, 0.15) is 6.92 Å². The maximum absolute atomic E-state index is 9.18. The average Bonchev–Trinajstić information content (AvgIpc) is 2.40. The third kappa shape index (κ3) is 2.66. The highest BCUT2D eigenvalue weighted by atomic mass is 35.5. The molecule has 0 saturated carbocycles. The molecule has 1 saturated heterocycles. The molecule has 2 rings (SSSR count). The molecule has 1 aliphatic heterocycles. The van der Waals surface area contributed by atoms with Gasteiger partial charge in [0, 0.05) is 13.6 Å². The second kappa shape index (κ2) is 5.69. The van der Waals surface area contributed by atoms with E-state index in [2.05, 4.69) is 15.3 Å². The van der Waals surface area contributed by atoms with E-state index in [1.807, 2.05) is 11.8 Å². The molecule has 7 heteroatoms. The van der Waals surface area contributed by atoms with Gasteiger partial charge >= 0.3 is 0 Å². The molecule has 100 valence electrons. The molecule has 0 amide bonds. The molecule has 1 aromatic rings. The van der Waals surface area contributed by atoms with Crippen molar-refractivity contribution in [3.8, 4) is 0 Å². The zero-order valence-corrected chi connectivity index (χ0v) is 11.2. The first-order valence-electron chi connectivity index (χ1n) is 5.85. The normalized spacial score (nSPS) is 24.1. The van der Waals surface area contributed by atoms with Crippen molar-refractivity contribution in [3.05, 3.63) is 11.2 Å². The number of aliphatic hydroxyl groups is 1. The van der Waals surface area contributed by atoms with E-state index in [0.29, 0.717) is 29.9 Å². The predicted octanol–water partition coefficient (Wildman–Crippen LogP) is 0.758. The fourth-order valence-corrected chi connectivity index (χ4v) is 2.10. The summed E-state index contributed by atoms with van der Waals surface area (Å²) in [5.41, 5.74) is 0. The van der Waals surface area contributed by atoms with E-state index in [4.69, 9.17) is 16.3 Å². The lowest BCUT2D eigenvalue weighted by atomic mass is 10.2. The summed E-state index contributed by atoms with van der Waals surface area (Å²) < 4.78 is 5.49. The van der Waals surface area contributed by atoms with Gasteiger partial charge in [0.15, 0.2) is 5.82 Å². The Bertz CT molecular complexity index is 418. The summed E-state index contributed by atoms with van der Waals surface area (Å²) in [6.07, 6.45) is 1.37. The highest BCUT2D eigenvalue weighted by molar-refractivity contribution is 6.32. The summed E-state index contributed by atoms with van der Waals surface area (Å²) in [5, 5.41) is 12.6. The van der Waals surface area contributed by atoms with E-state index >= 15 is 0 Å². The number of rotatable bonds is 3. The van der Waals surface area contributed by atoms with Crippen LogP contribution in [-0.4, -0.2) is 54.0 Å². The van der Waals surface area contributed by atoms with Crippen LogP contribution < -0.4 is 10.2 Å². The van der Waals surface area contributed by atoms with Gasteiger partial charge in [0.1, 0.15) is 5.02 Å². The highest BCUT2D eigenvalue weighted by Crippen LogP contribution is 2.27. The molecule has 6 nitrogen and oxygen atoms in total. The van der Waals surface area contributed by atoms with Crippen LogP contribution in [0.15, 0.2) is 6.20 Å². The number of nitrogens with zero attached hydrogens (tertiary/aromatic N) is 3. The number of aliphatic hydroxyl groups excluding tert-OH is 1. The molecule has 1 fully saturated rings. The number of aromatic nitrogens is 2.